The van der Waals surface area contributed by atoms with E-state index in [1.54, 1.807) is 0 Å². The summed E-state index contributed by atoms with van der Waals surface area (Å²) in [5, 5.41) is 0. The quantitative estimate of drug-likeness (QED) is 0.564. The molecule has 0 aromatic rings. The molecule has 55 valence electrons. The maximum atomic E-state index is 2.49. The van der Waals surface area contributed by atoms with E-state index in [1.807, 2.05) is 0 Å². The molecule has 2 saturated carbocycles. The molecular weight excluding hydrogens is 369 g/mol. The van der Waals surface area contributed by atoms with Crippen LogP contribution in [0.2, 0.25) is 0 Å². The Morgan fingerprint density at radius 1 is 1.40 bits per heavy atom. The Kier molecular flexibility index (Phi) is 5.58. The standard InChI is InChI=1S/C8H12.W.Y/c1-6-4-7-2-3-8(6)5-7;;/h2,4,6-8H,3,5H2,1H3;;/q-2;;. The van der Waals surface area contributed by atoms with Gasteiger partial charge in [0, 0.05) is 53.8 Å². The summed E-state index contributed by atoms with van der Waals surface area (Å²) in [4.78, 5) is 0. The molecule has 3 atom stereocenters. The van der Waals surface area contributed by atoms with E-state index in [4.69, 9.17) is 0 Å². The summed E-state index contributed by atoms with van der Waals surface area (Å²) in [6.07, 6.45) is 7.81. The van der Waals surface area contributed by atoms with E-state index in [2.05, 4.69) is 19.8 Å². The summed E-state index contributed by atoms with van der Waals surface area (Å²) in [5.41, 5.74) is 0. The average molecular weight is 381 g/mol. The van der Waals surface area contributed by atoms with E-state index >= 15 is 0 Å². The molecule has 0 nitrogen and oxygen atoms in total. The van der Waals surface area contributed by atoms with Crippen LogP contribution < -0.4 is 0 Å². The Balaban J connectivity index is 0.000000405. The minimum Gasteiger partial charge on any atom is -0.354 e. The smallest absolute Gasteiger partial charge is 0 e. The van der Waals surface area contributed by atoms with Crippen LogP contribution in [0, 0.1) is 30.6 Å². The Labute approximate surface area is 103 Å². The van der Waals surface area contributed by atoms with Crippen LogP contribution in [0.1, 0.15) is 19.8 Å². The molecular formula is C8H12WY-2. The van der Waals surface area contributed by atoms with Gasteiger partial charge in [-0.1, -0.05) is 12.8 Å². The minimum atomic E-state index is 0. The first-order valence-corrected chi connectivity index (χ1v) is 3.54. The third-order valence-electron chi connectivity index (χ3n) is 2.61. The topological polar surface area (TPSA) is 0 Å². The summed E-state index contributed by atoms with van der Waals surface area (Å²) >= 11 is 0. The first-order chi connectivity index (χ1) is 3.86. The van der Waals surface area contributed by atoms with Gasteiger partial charge < -0.3 is 12.8 Å². The molecule has 2 rings (SSSR count). The van der Waals surface area contributed by atoms with Gasteiger partial charge in [0.1, 0.15) is 0 Å². The third-order valence-corrected chi connectivity index (χ3v) is 2.61. The van der Waals surface area contributed by atoms with E-state index in [-0.39, 0.29) is 53.8 Å². The van der Waals surface area contributed by atoms with Crippen molar-refractivity contribution in [3.05, 3.63) is 12.8 Å². The molecule has 0 aromatic heterocycles. The van der Waals surface area contributed by atoms with Gasteiger partial charge in [-0.05, 0) is 0 Å². The van der Waals surface area contributed by atoms with E-state index in [9.17, 15) is 0 Å². The van der Waals surface area contributed by atoms with Gasteiger partial charge in [-0.2, -0.15) is 12.3 Å². The van der Waals surface area contributed by atoms with E-state index in [1.165, 1.54) is 12.8 Å². The normalized spacial score (nSPS) is 42.3. The Morgan fingerprint density at radius 3 is 2.30 bits per heavy atom. The number of fused-ring (bicyclic) bond motifs is 2. The predicted octanol–water partition coefficient (Wildman–Crippen LogP) is 2.07. The summed E-state index contributed by atoms with van der Waals surface area (Å²) in [7, 11) is 0. The minimum absolute atomic E-state index is 0. The monoisotopic (exact) mass is 381 g/mol. The van der Waals surface area contributed by atoms with Gasteiger partial charge in [0.15, 0.2) is 0 Å². The summed E-state index contributed by atoms with van der Waals surface area (Å²) < 4.78 is 0. The van der Waals surface area contributed by atoms with Gasteiger partial charge in [-0.15, -0.1) is 6.42 Å². The molecule has 2 fully saturated rings. The predicted molar refractivity (Wildman–Crippen MR) is 34.0 cm³/mol. The Bertz CT molecular complexity index is 103. The van der Waals surface area contributed by atoms with Crippen LogP contribution in [-0.2, 0) is 53.8 Å². The number of hydrogen-bond donors (Lipinski definition) is 0. The maximum absolute atomic E-state index is 2.49. The van der Waals surface area contributed by atoms with Crippen molar-refractivity contribution >= 4 is 0 Å². The fourth-order valence-electron chi connectivity index (χ4n) is 2.03. The zero-order valence-electron chi connectivity index (χ0n) is 6.29. The molecule has 2 aliphatic carbocycles. The van der Waals surface area contributed by atoms with Crippen molar-refractivity contribution < 1.29 is 53.8 Å². The molecule has 2 heteroatoms. The van der Waals surface area contributed by atoms with E-state index in [0.29, 0.717) is 0 Å². The second kappa shape index (κ2) is 4.73. The van der Waals surface area contributed by atoms with Crippen molar-refractivity contribution in [2.75, 3.05) is 0 Å². The van der Waals surface area contributed by atoms with Gasteiger partial charge in [0.2, 0.25) is 0 Å². The zero-order valence-corrected chi connectivity index (χ0v) is 12.1. The Hall–Kier alpha value is 1.79. The van der Waals surface area contributed by atoms with Crippen molar-refractivity contribution in [1.82, 2.24) is 0 Å². The summed E-state index contributed by atoms with van der Waals surface area (Å²) in [5.74, 6) is 2.85. The van der Waals surface area contributed by atoms with Crippen LogP contribution in [0.15, 0.2) is 0 Å². The molecule has 0 amide bonds. The molecule has 0 N–H and O–H groups in total. The summed E-state index contributed by atoms with van der Waals surface area (Å²) in [6, 6.07) is 0. The SMILES string of the molecule is CC1[CH-]C2[CH-]CC1C2.[W].[Y]. The van der Waals surface area contributed by atoms with Crippen LogP contribution in [0.4, 0.5) is 0 Å². The first-order valence-electron chi connectivity index (χ1n) is 3.54. The van der Waals surface area contributed by atoms with Crippen LogP contribution in [0.25, 0.3) is 0 Å². The molecule has 0 aliphatic heterocycles. The molecule has 0 aromatic carbocycles. The number of rotatable bonds is 0. The molecule has 1 radical (unpaired) electrons. The average Bonchev–Trinajstić information content (AvgIpc) is 2.23. The van der Waals surface area contributed by atoms with Crippen LogP contribution >= 0.6 is 0 Å². The van der Waals surface area contributed by atoms with Gasteiger partial charge in [0.05, 0.1) is 0 Å². The maximum Gasteiger partial charge on any atom is 0 e. The molecule has 3 unspecified atom stereocenters. The van der Waals surface area contributed by atoms with Gasteiger partial charge >= 0.3 is 0 Å². The molecule has 10 heavy (non-hydrogen) atoms. The van der Waals surface area contributed by atoms with Crippen LogP contribution in [-0.4, -0.2) is 0 Å². The molecule has 0 heterocycles. The fraction of sp³-hybridized carbons (Fsp3) is 0.750. The third kappa shape index (κ3) is 2.14. The van der Waals surface area contributed by atoms with Crippen molar-refractivity contribution in [3.8, 4) is 0 Å². The first kappa shape index (κ1) is 11.8. The second-order valence-electron chi connectivity index (χ2n) is 3.18. The van der Waals surface area contributed by atoms with E-state index in [0.717, 1.165) is 17.8 Å². The van der Waals surface area contributed by atoms with Crippen LogP contribution in [0.3, 0.4) is 0 Å². The van der Waals surface area contributed by atoms with Crippen molar-refractivity contribution in [3.63, 3.8) is 0 Å². The zero-order chi connectivity index (χ0) is 5.56. The van der Waals surface area contributed by atoms with E-state index < -0.39 is 0 Å². The van der Waals surface area contributed by atoms with Crippen molar-refractivity contribution in [2.24, 2.45) is 17.8 Å². The van der Waals surface area contributed by atoms with Gasteiger partial charge in [-0.3, -0.25) is 5.92 Å². The molecule has 2 bridgehead atoms. The summed E-state index contributed by atoms with van der Waals surface area (Å²) in [6.45, 7) is 2.34. The Morgan fingerprint density at radius 2 is 2.10 bits per heavy atom. The van der Waals surface area contributed by atoms with Crippen molar-refractivity contribution in [2.45, 2.75) is 19.8 Å². The largest absolute Gasteiger partial charge is 0.354 e. The molecule has 2 aliphatic rings. The molecule has 0 spiro atoms. The fourth-order valence-corrected chi connectivity index (χ4v) is 2.03. The van der Waals surface area contributed by atoms with Crippen LogP contribution in [0.5, 0.6) is 0 Å². The van der Waals surface area contributed by atoms with Gasteiger partial charge in [-0.25, -0.2) is 0 Å². The second-order valence-corrected chi connectivity index (χ2v) is 3.18. The molecule has 0 saturated heterocycles. The van der Waals surface area contributed by atoms with Gasteiger partial charge in [0.25, 0.3) is 0 Å². The van der Waals surface area contributed by atoms with Crippen molar-refractivity contribution in [1.29, 1.82) is 0 Å². The number of hydrogen-bond acceptors (Lipinski definition) is 0.